The average Bonchev–Trinajstić information content (AvgIpc) is 2.74. The van der Waals surface area contributed by atoms with Crippen LogP contribution >= 0.6 is 11.6 Å². The van der Waals surface area contributed by atoms with E-state index < -0.39 is 24.1 Å². The molecule has 0 bridgehead atoms. The fourth-order valence-corrected chi connectivity index (χ4v) is 2.74. The summed E-state index contributed by atoms with van der Waals surface area (Å²) in [6.07, 6.45) is 1.38. The van der Waals surface area contributed by atoms with Crippen LogP contribution in [0.5, 0.6) is 0 Å². The third kappa shape index (κ3) is 4.36. The maximum atomic E-state index is 12.8. The fourth-order valence-electron chi connectivity index (χ4n) is 2.63. The number of anilines is 1. The number of carbonyl (C=O) groups is 2. The molecule has 1 aromatic heterocycles. The Morgan fingerprint density at radius 1 is 0.964 bits per heavy atom. The van der Waals surface area contributed by atoms with Crippen LogP contribution in [0.4, 0.5) is 5.82 Å². The molecule has 1 heterocycles. The molecule has 0 fully saturated rings. The van der Waals surface area contributed by atoms with Gasteiger partial charge in [0.15, 0.2) is 6.61 Å². The number of pyridine rings is 1. The second-order valence-electron chi connectivity index (χ2n) is 5.93. The summed E-state index contributed by atoms with van der Waals surface area (Å²) >= 11 is 5.75. The summed E-state index contributed by atoms with van der Waals surface area (Å²) in [4.78, 5) is 28.8. The van der Waals surface area contributed by atoms with Gasteiger partial charge in [-0.1, -0.05) is 72.3 Å². The number of ether oxygens (including phenoxy) is 1. The van der Waals surface area contributed by atoms with E-state index in [4.69, 9.17) is 16.3 Å². The van der Waals surface area contributed by atoms with Crippen molar-refractivity contribution in [1.29, 1.82) is 0 Å². The van der Waals surface area contributed by atoms with Crippen molar-refractivity contribution in [1.82, 2.24) is 4.98 Å². The zero-order valence-electron chi connectivity index (χ0n) is 14.7. The number of nitrogens with zero attached hydrogens (tertiary/aromatic N) is 1. The number of carbonyl (C=O) groups excluding carboxylic acids is 2. The molecule has 2 N–H and O–H groups in total. The number of nitrogens with one attached hydrogen (secondary N) is 1. The monoisotopic (exact) mass is 396 g/mol. The average molecular weight is 397 g/mol. The Morgan fingerprint density at radius 2 is 1.54 bits per heavy atom. The Bertz CT molecular complexity index is 908. The van der Waals surface area contributed by atoms with E-state index >= 15 is 0 Å². The molecule has 0 aliphatic heterocycles. The van der Waals surface area contributed by atoms with E-state index in [1.54, 1.807) is 66.7 Å². The number of amides is 1. The van der Waals surface area contributed by atoms with E-state index in [1.807, 2.05) is 0 Å². The summed E-state index contributed by atoms with van der Waals surface area (Å²) in [5.41, 5.74) is -1.36. The van der Waals surface area contributed by atoms with E-state index in [2.05, 4.69) is 10.3 Å². The number of hydrogen-bond acceptors (Lipinski definition) is 5. The van der Waals surface area contributed by atoms with Crippen LogP contribution < -0.4 is 5.32 Å². The highest BCUT2D eigenvalue weighted by Crippen LogP contribution is 2.31. The lowest BCUT2D eigenvalue weighted by Crippen LogP contribution is -2.39. The van der Waals surface area contributed by atoms with E-state index in [9.17, 15) is 14.7 Å². The molecule has 28 heavy (non-hydrogen) atoms. The third-order valence-corrected chi connectivity index (χ3v) is 4.23. The zero-order chi connectivity index (χ0) is 20.0. The standard InChI is InChI=1S/C21H17ClN2O4/c22-17-11-12-18(23-13-17)24-19(25)14-28-20(26)21(27,15-7-3-1-4-8-15)16-9-5-2-6-10-16/h1-13,27H,14H2,(H,23,24,25). The summed E-state index contributed by atoms with van der Waals surface area (Å²) in [5.74, 6) is -1.28. The Balaban J connectivity index is 1.75. The molecule has 3 rings (SSSR count). The molecule has 0 saturated carbocycles. The molecule has 142 valence electrons. The normalized spacial score (nSPS) is 10.9. The highest BCUT2D eigenvalue weighted by atomic mass is 35.5. The minimum absolute atomic E-state index is 0.270. The van der Waals surface area contributed by atoms with E-state index in [-0.39, 0.29) is 5.82 Å². The summed E-state index contributed by atoms with van der Waals surface area (Å²) in [6.45, 7) is -0.578. The van der Waals surface area contributed by atoms with Crippen LogP contribution in [0.15, 0.2) is 79.0 Å². The van der Waals surface area contributed by atoms with Gasteiger partial charge in [0, 0.05) is 6.20 Å². The van der Waals surface area contributed by atoms with Gasteiger partial charge in [-0.25, -0.2) is 9.78 Å². The molecule has 0 aliphatic carbocycles. The van der Waals surface area contributed by atoms with Gasteiger partial charge in [-0.3, -0.25) is 4.79 Å². The van der Waals surface area contributed by atoms with Crippen molar-refractivity contribution in [3.05, 3.63) is 95.1 Å². The number of halogens is 1. The summed E-state index contributed by atoms with van der Waals surface area (Å²) in [6, 6.07) is 19.9. The summed E-state index contributed by atoms with van der Waals surface area (Å²) in [7, 11) is 0. The van der Waals surface area contributed by atoms with Crippen molar-refractivity contribution >= 4 is 29.3 Å². The van der Waals surface area contributed by atoms with Crippen molar-refractivity contribution in [2.45, 2.75) is 5.60 Å². The topological polar surface area (TPSA) is 88.5 Å². The molecule has 2 aromatic carbocycles. The SMILES string of the molecule is O=C(COC(=O)C(O)(c1ccccc1)c1ccccc1)Nc1ccc(Cl)cn1. The highest BCUT2D eigenvalue weighted by molar-refractivity contribution is 6.30. The van der Waals surface area contributed by atoms with Gasteiger partial charge >= 0.3 is 5.97 Å². The molecular weight excluding hydrogens is 380 g/mol. The van der Waals surface area contributed by atoms with Crippen LogP contribution in [0.1, 0.15) is 11.1 Å². The molecule has 0 aliphatic rings. The van der Waals surface area contributed by atoms with Gasteiger partial charge < -0.3 is 15.2 Å². The van der Waals surface area contributed by atoms with Crippen LogP contribution in [-0.2, 0) is 19.9 Å². The van der Waals surface area contributed by atoms with Gasteiger partial charge in [-0.2, -0.15) is 0 Å². The second-order valence-corrected chi connectivity index (χ2v) is 6.36. The maximum absolute atomic E-state index is 12.8. The number of benzene rings is 2. The lowest BCUT2D eigenvalue weighted by molar-refractivity contribution is -0.163. The van der Waals surface area contributed by atoms with E-state index in [0.717, 1.165) is 0 Å². The first kappa shape index (κ1) is 19.5. The van der Waals surface area contributed by atoms with Crippen molar-refractivity contribution in [3.8, 4) is 0 Å². The molecule has 3 aromatic rings. The van der Waals surface area contributed by atoms with E-state index in [1.165, 1.54) is 12.3 Å². The van der Waals surface area contributed by atoms with Crippen LogP contribution in [0.3, 0.4) is 0 Å². The summed E-state index contributed by atoms with van der Waals surface area (Å²) < 4.78 is 5.12. The Morgan fingerprint density at radius 3 is 2.04 bits per heavy atom. The molecule has 0 atom stereocenters. The number of rotatable bonds is 6. The first-order valence-electron chi connectivity index (χ1n) is 8.42. The first-order chi connectivity index (χ1) is 13.5. The molecule has 0 unspecified atom stereocenters. The number of esters is 1. The predicted octanol–water partition coefficient (Wildman–Crippen LogP) is 3.15. The van der Waals surface area contributed by atoms with Crippen LogP contribution in [0, 0.1) is 0 Å². The van der Waals surface area contributed by atoms with Gasteiger partial charge in [0.1, 0.15) is 5.82 Å². The Kier molecular flexibility index (Phi) is 6.03. The molecule has 0 spiro atoms. The minimum atomic E-state index is -2.04. The minimum Gasteiger partial charge on any atom is -0.453 e. The third-order valence-electron chi connectivity index (χ3n) is 4.01. The predicted molar refractivity (Wildman–Crippen MR) is 105 cm³/mol. The lowest BCUT2D eigenvalue weighted by atomic mass is 9.86. The zero-order valence-corrected chi connectivity index (χ0v) is 15.5. The smallest absolute Gasteiger partial charge is 0.348 e. The van der Waals surface area contributed by atoms with E-state index in [0.29, 0.717) is 16.1 Å². The van der Waals surface area contributed by atoms with Crippen LogP contribution in [0.25, 0.3) is 0 Å². The largest absolute Gasteiger partial charge is 0.453 e. The highest BCUT2D eigenvalue weighted by Gasteiger charge is 2.41. The van der Waals surface area contributed by atoms with Crippen molar-refractivity contribution in [3.63, 3.8) is 0 Å². The second kappa shape index (κ2) is 8.65. The molecule has 0 saturated heterocycles. The maximum Gasteiger partial charge on any atom is 0.348 e. The van der Waals surface area contributed by atoms with Crippen LogP contribution in [-0.4, -0.2) is 28.6 Å². The number of aliphatic hydroxyl groups is 1. The van der Waals surface area contributed by atoms with Crippen molar-refractivity contribution in [2.75, 3.05) is 11.9 Å². The number of hydrogen-bond donors (Lipinski definition) is 2. The molecule has 6 nitrogen and oxygen atoms in total. The van der Waals surface area contributed by atoms with Gasteiger partial charge in [0.25, 0.3) is 5.91 Å². The molecule has 1 amide bonds. The summed E-state index contributed by atoms with van der Waals surface area (Å²) in [5, 5.41) is 14.1. The molecule has 7 heteroatoms. The first-order valence-corrected chi connectivity index (χ1v) is 8.80. The molecule has 0 radical (unpaired) electrons. The van der Waals surface area contributed by atoms with Gasteiger partial charge in [-0.15, -0.1) is 0 Å². The number of aromatic nitrogens is 1. The molecular formula is C21H17ClN2O4. The Labute approximate surface area is 166 Å². The van der Waals surface area contributed by atoms with Gasteiger partial charge in [0.2, 0.25) is 5.60 Å². The van der Waals surface area contributed by atoms with Gasteiger partial charge in [0.05, 0.1) is 5.02 Å². The quantitative estimate of drug-likeness (QED) is 0.625. The van der Waals surface area contributed by atoms with Crippen LogP contribution in [0.2, 0.25) is 5.02 Å². The lowest BCUT2D eigenvalue weighted by Gasteiger charge is -2.26. The Hall–Kier alpha value is -3.22. The van der Waals surface area contributed by atoms with Crippen molar-refractivity contribution in [2.24, 2.45) is 0 Å². The fraction of sp³-hybridized carbons (Fsp3) is 0.0952. The van der Waals surface area contributed by atoms with Gasteiger partial charge in [-0.05, 0) is 23.3 Å². The van der Waals surface area contributed by atoms with Crippen molar-refractivity contribution < 1.29 is 19.4 Å².